The van der Waals surface area contributed by atoms with Crippen molar-refractivity contribution in [1.29, 1.82) is 0 Å². The van der Waals surface area contributed by atoms with Gasteiger partial charge in [-0.25, -0.2) is 0 Å². The normalized spacial score (nSPS) is 35.4. The third kappa shape index (κ3) is 2.56. The van der Waals surface area contributed by atoms with Gasteiger partial charge in [0.1, 0.15) is 6.10 Å². The maximum absolute atomic E-state index is 9.03. The molecule has 154 valence electrons. The van der Waals surface area contributed by atoms with Gasteiger partial charge in [0, 0.05) is 23.6 Å². The van der Waals surface area contributed by atoms with E-state index in [4.69, 9.17) is 14.6 Å². The Balaban J connectivity index is 1.49. The van der Waals surface area contributed by atoms with Crippen molar-refractivity contribution >= 4 is 0 Å². The number of piperidine rings is 1. The van der Waals surface area contributed by atoms with Gasteiger partial charge >= 0.3 is 0 Å². The van der Waals surface area contributed by atoms with Gasteiger partial charge in [0.2, 0.25) is 0 Å². The lowest BCUT2D eigenvalue weighted by Gasteiger charge is -2.59. The zero-order valence-corrected chi connectivity index (χ0v) is 17.5. The summed E-state index contributed by atoms with van der Waals surface area (Å²) in [6, 6.07) is 5.10. The third-order valence-corrected chi connectivity index (χ3v) is 8.40. The summed E-state index contributed by atoms with van der Waals surface area (Å²) in [4.78, 5) is 2.62. The Hall–Kier alpha value is -1.26. The lowest BCUT2D eigenvalue weighted by molar-refractivity contribution is -0.0710. The summed E-state index contributed by atoms with van der Waals surface area (Å²) in [6.07, 6.45) is 11.2. The molecule has 5 atom stereocenters. The van der Waals surface area contributed by atoms with Crippen molar-refractivity contribution in [2.75, 3.05) is 27.3 Å². The minimum atomic E-state index is 0.211. The molecule has 2 heterocycles. The number of likely N-dealkylation sites (N-methyl/N-ethyl adjacent to an activating group) is 1. The van der Waals surface area contributed by atoms with Crippen molar-refractivity contribution in [2.24, 2.45) is 11.8 Å². The molecule has 1 aromatic rings. The van der Waals surface area contributed by atoms with E-state index in [0.29, 0.717) is 24.7 Å². The lowest BCUT2D eigenvalue weighted by Crippen LogP contribution is -2.65. The number of likely N-dealkylation sites (tertiary alicyclic amines) is 1. The molecule has 1 N–H and O–H groups in total. The molecular weight excluding hydrogens is 350 g/mol. The Morgan fingerprint density at radius 3 is 2.89 bits per heavy atom. The van der Waals surface area contributed by atoms with Gasteiger partial charge in [0.25, 0.3) is 0 Å². The molecule has 4 nitrogen and oxygen atoms in total. The standard InChI is InChI=1S/C24H35NO3/c1-25-13-12-24-18-10-8-16(7-5-3-4-6-14-26)23(24)28-22-20(27-2)11-9-17(21(22)24)15-19(18)25/h9,11,16,18-19,23,26H,3-8,10,12-15H2,1-2H3/t16-,18+,19-,23+,24+/m1/s1. The number of unbranched alkanes of at least 4 members (excludes halogenated alkanes) is 3. The van der Waals surface area contributed by atoms with Crippen molar-refractivity contribution in [3.05, 3.63) is 23.3 Å². The monoisotopic (exact) mass is 385 g/mol. The number of nitrogens with zero attached hydrogens (tertiary/aromatic N) is 1. The van der Waals surface area contributed by atoms with Gasteiger partial charge in [-0.2, -0.15) is 0 Å². The van der Waals surface area contributed by atoms with E-state index in [2.05, 4.69) is 24.1 Å². The quantitative estimate of drug-likeness (QED) is 0.723. The molecule has 0 unspecified atom stereocenters. The van der Waals surface area contributed by atoms with Crippen molar-refractivity contribution < 1.29 is 14.6 Å². The molecule has 28 heavy (non-hydrogen) atoms. The topological polar surface area (TPSA) is 41.9 Å². The summed E-state index contributed by atoms with van der Waals surface area (Å²) in [5.74, 6) is 3.38. The molecule has 4 aliphatic rings. The van der Waals surface area contributed by atoms with E-state index in [1.807, 2.05) is 0 Å². The summed E-state index contributed by atoms with van der Waals surface area (Å²) in [7, 11) is 4.10. The number of methoxy groups -OCH3 is 1. The fourth-order valence-corrected chi connectivity index (χ4v) is 7.17. The summed E-state index contributed by atoms with van der Waals surface area (Å²) in [5.41, 5.74) is 3.24. The van der Waals surface area contributed by atoms with Gasteiger partial charge in [0.05, 0.1) is 7.11 Å². The molecule has 2 aliphatic carbocycles. The zero-order chi connectivity index (χ0) is 19.3. The van der Waals surface area contributed by atoms with Crippen LogP contribution in [0, 0.1) is 11.8 Å². The number of ether oxygens (including phenoxy) is 2. The molecule has 1 saturated heterocycles. The molecular formula is C24H35NO3. The predicted octanol–water partition coefficient (Wildman–Crippen LogP) is 3.92. The molecule has 2 aliphatic heterocycles. The molecule has 2 bridgehead atoms. The summed E-state index contributed by atoms with van der Waals surface area (Å²) in [5, 5.41) is 9.03. The molecule has 1 aromatic carbocycles. The second-order valence-electron chi connectivity index (χ2n) is 9.58. The first-order valence-electron chi connectivity index (χ1n) is 11.4. The second-order valence-corrected chi connectivity index (χ2v) is 9.58. The smallest absolute Gasteiger partial charge is 0.165 e. The zero-order valence-electron chi connectivity index (χ0n) is 17.5. The Morgan fingerprint density at radius 1 is 1.21 bits per heavy atom. The average molecular weight is 386 g/mol. The van der Waals surface area contributed by atoms with Crippen LogP contribution in [0.5, 0.6) is 11.5 Å². The van der Waals surface area contributed by atoms with Gasteiger partial charge in [0.15, 0.2) is 11.5 Å². The van der Waals surface area contributed by atoms with Crippen LogP contribution < -0.4 is 9.47 Å². The number of rotatable bonds is 7. The van der Waals surface area contributed by atoms with Crippen molar-refractivity contribution in [1.82, 2.24) is 4.90 Å². The van der Waals surface area contributed by atoms with E-state index < -0.39 is 0 Å². The van der Waals surface area contributed by atoms with Crippen molar-refractivity contribution in [3.63, 3.8) is 0 Å². The minimum absolute atomic E-state index is 0.211. The first kappa shape index (κ1) is 18.7. The van der Waals surface area contributed by atoms with Crippen LogP contribution in [-0.4, -0.2) is 49.5 Å². The Bertz CT molecular complexity index is 735. The fourth-order valence-electron chi connectivity index (χ4n) is 7.17. The highest BCUT2D eigenvalue weighted by molar-refractivity contribution is 5.61. The highest BCUT2D eigenvalue weighted by Gasteiger charge is 2.65. The third-order valence-electron chi connectivity index (χ3n) is 8.40. The van der Waals surface area contributed by atoms with E-state index >= 15 is 0 Å². The number of aliphatic hydroxyl groups excluding tert-OH is 1. The Labute approximate surface area is 169 Å². The minimum Gasteiger partial charge on any atom is -0.493 e. The van der Waals surface area contributed by atoms with Gasteiger partial charge in [-0.15, -0.1) is 0 Å². The van der Waals surface area contributed by atoms with Crippen LogP contribution in [0.25, 0.3) is 0 Å². The summed E-state index contributed by atoms with van der Waals surface area (Å²) < 4.78 is 12.6. The van der Waals surface area contributed by atoms with E-state index in [1.54, 1.807) is 7.11 Å². The van der Waals surface area contributed by atoms with E-state index in [9.17, 15) is 0 Å². The molecule has 0 radical (unpaired) electrons. The molecule has 1 spiro atoms. The maximum atomic E-state index is 9.03. The summed E-state index contributed by atoms with van der Waals surface area (Å²) >= 11 is 0. The first-order chi connectivity index (χ1) is 13.7. The highest BCUT2D eigenvalue weighted by Crippen LogP contribution is 2.65. The second kappa shape index (κ2) is 7.21. The van der Waals surface area contributed by atoms with Crippen LogP contribution in [0.4, 0.5) is 0 Å². The van der Waals surface area contributed by atoms with Crippen molar-refractivity contribution in [2.45, 2.75) is 75.3 Å². The number of hydrogen-bond acceptors (Lipinski definition) is 4. The van der Waals surface area contributed by atoms with Gasteiger partial charge < -0.3 is 19.5 Å². The molecule has 4 heteroatoms. The average Bonchev–Trinajstić information content (AvgIpc) is 3.06. The van der Waals surface area contributed by atoms with Gasteiger partial charge in [-0.3, -0.25) is 0 Å². The Morgan fingerprint density at radius 2 is 2.07 bits per heavy atom. The maximum Gasteiger partial charge on any atom is 0.165 e. The molecule has 0 aromatic heterocycles. The lowest BCUT2D eigenvalue weighted by atomic mass is 9.50. The van der Waals surface area contributed by atoms with Gasteiger partial charge in [-0.1, -0.05) is 25.3 Å². The van der Waals surface area contributed by atoms with E-state index in [0.717, 1.165) is 36.7 Å². The molecule has 2 fully saturated rings. The molecule has 0 amide bonds. The highest BCUT2D eigenvalue weighted by atomic mass is 16.5. The number of aliphatic hydroxyl groups is 1. The van der Waals surface area contributed by atoms with Crippen LogP contribution in [0.3, 0.4) is 0 Å². The van der Waals surface area contributed by atoms with E-state index in [1.165, 1.54) is 56.2 Å². The largest absolute Gasteiger partial charge is 0.493 e. The molecule has 5 rings (SSSR count). The SMILES string of the molecule is COc1ccc2c3c1O[C@H]1[C@H](CCCCCCO)CC[C@H]4[C@@H](C2)N(C)CC[C@@]341. The van der Waals surface area contributed by atoms with Crippen LogP contribution in [0.1, 0.15) is 62.5 Å². The van der Waals surface area contributed by atoms with E-state index in [-0.39, 0.29) is 5.41 Å². The van der Waals surface area contributed by atoms with Crippen LogP contribution in [0.15, 0.2) is 12.1 Å². The number of benzene rings is 1. The van der Waals surface area contributed by atoms with Crippen molar-refractivity contribution in [3.8, 4) is 11.5 Å². The van der Waals surface area contributed by atoms with Crippen LogP contribution >= 0.6 is 0 Å². The van der Waals surface area contributed by atoms with Crippen LogP contribution in [-0.2, 0) is 11.8 Å². The first-order valence-corrected chi connectivity index (χ1v) is 11.4. The van der Waals surface area contributed by atoms with Gasteiger partial charge in [-0.05, 0) is 75.6 Å². The number of hydrogen-bond donors (Lipinski definition) is 1. The Kier molecular flexibility index (Phi) is 4.83. The predicted molar refractivity (Wildman–Crippen MR) is 110 cm³/mol. The summed E-state index contributed by atoms with van der Waals surface area (Å²) in [6.45, 7) is 1.51. The fraction of sp³-hybridized carbons (Fsp3) is 0.750. The molecule has 1 saturated carbocycles. The van der Waals surface area contributed by atoms with Crippen LogP contribution in [0.2, 0.25) is 0 Å².